The van der Waals surface area contributed by atoms with Crippen molar-refractivity contribution in [2.45, 2.75) is 6.92 Å². The van der Waals surface area contributed by atoms with Gasteiger partial charge in [-0.25, -0.2) is 4.68 Å². The Bertz CT molecular complexity index is 1020. The van der Waals surface area contributed by atoms with E-state index in [1.54, 1.807) is 32.2 Å². The molecular weight excluding hydrogens is 378 g/mol. The monoisotopic (exact) mass is 401 g/mol. The molecule has 7 nitrogen and oxygen atoms in total. The van der Waals surface area contributed by atoms with Gasteiger partial charge in [-0.1, -0.05) is 0 Å². The van der Waals surface area contributed by atoms with Gasteiger partial charge in [0.15, 0.2) is 0 Å². The van der Waals surface area contributed by atoms with Crippen molar-refractivity contribution in [1.29, 1.82) is 0 Å². The number of thiazole rings is 1. The zero-order valence-corrected chi connectivity index (χ0v) is 17.2. The number of furan rings is 1. The Morgan fingerprint density at radius 2 is 2.00 bits per heavy atom. The molecule has 3 aromatic rings. The van der Waals surface area contributed by atoms with Gasteiger partial charge in [0.2, 0.25) is 4.80 Å². The molecule has 1 aromatic carbocycles. The van der Waals surface area contributed by atoms with Gasteiger partial charge in [0.25, 0.3) is 0 Å². The highest BCUT2D eigenvalue weighted by Crippen LogP contribution is 2.33. The number of methoxy groups -OCH3 is 3. The van der Waals surface area contributed by atoms with Crippen LogP contribution in [0, 0.1) is 6.92 Å². The molecule has 28 heavy (non-hydrogen) atoms. The molecule has 0 unspecified atom stereocenters. The van der Waals surface area contributed by atoms with Crippen molar-refractivity contribution in [3.05, 3.63) is 52.0 Å². The molecule has 0 aliphatic carbocycles. The molecule has 0 atom stereocenters. The van der Waals surface area contributed by atoms with Gasteiger partial charge in [0, 0.05) is 24.1 Å². The molecule has 0 spiro atoms. The Balaban J connectivity index is 2.08. The molecule has 0 bridgehead atoms. The van der Waals surface area contributed by atoms with Gasteiger partial charge in [0.1, 0.15) is 23.0 Å². The van der Waals surface area contributed by atoms with Crippen LogP contribution in [0.15, 0.2) is 50.2 Å². The van der Waals surface area contributed by atoms with Gasteiger partial charge in [-0.2, -0.15) is 5.10 Å². The summed E-state index contributed by atoms with van der Waals surface area (Å²) in [5.74, 6) is 2.92. The minimum Gasteiger partial charge on any atom is -0.497 e. The van der Waals surface area contributed by atoms with E-state index in [9.17, 15) is 0 Å². The van der Waals surface area contributed by atoms with Crippen LogP contribution in [-0.2, 0) is 4.74 Å². The summed E-state index contributed by atoms with van der Waals surface area (Å²) in [4.78, 5) is 5.35. The van der Waals surface area contributed by atoms with Crippen molar-refractivity contribution in [3.8, 4) is 22.8 Å². The molecule has 2 heterocycles. The van der Waals surface area contributed by atoms with E-state index in [1.807, 2.05) is 42.6 Å². The number of rotatable bonds is 8. The third kappa shape index (κ3) is 4.52. The first-order valence-corrected chi connectivity index (χ1v) is 9.57. The van der Waals surface area contributed by atoms with E-state index in [-0.39, 0.29) is 0 Å². The summed E-state index contributed by atoms with van der Waals surface area (Å²) in [6, 6.07) is 9.46. The number of aryl methyl sites for hydroxylation is 1. The zero-order chi connectivity index (χ0) is 19.9. The number of benzene rings is 1. The van der Waals surface area contributed by atoms with E-state index in [4.69, 9.17) is 18.6 Å². The van der Waals surface area contributed by atoms with Crippen LogP contribution in [0.4, 0.5) is 0 Å². The number of nitrogens with zero attached hydrogens (tertiary/aromatic N) is 3. The van der Waals surface area contributed by atoms with Gasteiger partial charge < -0.3 is 18.6 Å². The number of hydrogen-bond donors (Lipinski definition) is 0. The lowest BCUT2D eigenvalue weighted by atomic mass is 10.1. The van der Waals surface area contributed by atoms with E-state index in [0.717, 1.165) is 27.6 Å². The SMILES string of the molecule is COCCN=c1scc(-c2ccc(OC)cc2OC)n1/N=C\c1ccc(C)o1. The predicted octanol–water partition coefficient (Wildman–Crippen LogP) is 3.56. The van der Waals surface area contributed by atoms with Crippen molar-refractivity contribution in [1.82, 2.24) is 4.68 Å². The van der Waals surface area contributed by atoms with Crippen molar-refractivity contribution < 1.29 is 18.6 Å². The van der Waals surface area contributed by atoms with Crippen molar-refractivity contribution in [2.75, 3.05) is 34.5 Å². The number of ether oxygens (including phenoxy) is 3. The van der Waals surface area contributed by atoms with E-state index >= 15 is 0 Å². The summed E-state index contributed by atoms with van der Waals surface area (Å²) in [6.45, 7) is 2.99. The standard InChI is InChI=1S/C20H23N3O4S/c1-14-5-6-16(27-14)12-22-23-18(13-28-20(23)21-9-10-24-2)17-8-7-15(25-3)11-19(17)26-4/h5-8,11-13H,9-10H2,1-4H3/b21-20?,22-12-. The average molecular weight is 401 g/mol. The van der Waals surface area contributed by atoms with Crippen molar-refractivity contribution in [3.63, 3.8) is 0 Å². The molecule has 3 rings (SSSR count). The number of hydrogen-bond acceptors (Lipinski definition) is 7. The fourth-order valence-corrected chi connectivity index (χ4v) is 3.44. The smallest absolute Gasteiger partial charge is 0.206 e. The molecule has 0 N–H and O–H groups in total. The first kappa shape index (κ1) is 19.9. The second-order valence-corrected chi connectivity index (χ2v) is 6.69. The van der Waals surface area contributed by atoms with E-state index in [0.29, 0.717) is 24.7 Å². The minimum absolute atomic E-state index is 0.542. The molecule has 2 aromatic heterocycles. The second kappa shape index (κ2) is 9.38. The Labute approximate surface area is 167 Å². The average Bonchev–Trinajstić information content (AvgIpc) is 3.31. The van der Waals surface area contributed by atoms with Gasteiger partial charge in [0.05, 0.1) is 39.3 Å². The first-order chi connectivity index (χ1) is 13.7. The minimum atomic E-state index is 0.542. The maximum absolute atomic E-state index is 5.59. The van der Waals surface area contributed by atoms with Gasteiger partial charge >= 0.3 is 0 Å². The van der Waals surface area contributed by atoms with E-state index in [2.05, 4.69) is 10.1 Å². The summed E-state index contributed by atoms with van der Waals surface area (Å²) in [6.07, 6.45) is 1.68. The van der Waals surface area contributed by atoms with Crippen molar-refractivity contribution >= 4 is 17.6 Å². The number of aromatic nitrogens is 1. The van der Waals surface area contributed by atoms with Crippen molar-refractivity contribution in [2.24, 2.45) is 10.1 Å². The molecule has 0 amide bonds. The largest absolute Gasteiger partial charge is 0.497 e. The highest BCUT2D eigenvalue weighted by Gasteiger charge is 2.13. The fourth-order valence-electron chi connectivity index (χ4n) is 2.58. The lowest BCUT2D eigenvalue weighted by Gasteiger charge is -2.10. The molecule has 8 heteroatoms. The Hall–Kier alpha value is -2.84. The summed E-state index contributed by atoms with van der Waals surface area (Å²) in [5, 5.41) is 6.61. The third-order valence-electron chi connectivity index (χ3n) is 3.97. The Morgan fingerprint density at radius 3 is 2.68 bits per heavy atom. The third-order valence-corrected chi connectivity index (χ3v) is 4.83. The molecule has 0 saturated carbocycles. The first-order valence-electron chi connectivity index (χ1n) is 8.69. The Morgan fingerprint density at radius 1 is 1.14 bits per heavy atom. The summed E-state index contributed by atoms with van der Waals surface area (Å²) < 4.78 is 23.3. The maximum Gasteiger partial charge on any atom is 0.206 e. The molecule has 0 aliphatic heterocycles. The quantitative estimate of drug-likeness (QED) is 0.427. The van der Waals surface area contributed by atoms with Gasteiger partial charge in [-0.15, -0.1) is 11.3 Å². The van der Waals surface area contributed by atoms with E-state index in [1.165, 1.54) is 11.3 Å². The van der Waals surface area contributed by atoms with Crippen LogP contribution in [0.3, 0.4) is 0 Å². The van der Waals surface area contributed by atoms with Crippen LogP contribution >= 0.6 is 11.3 Å². The summed E-state index contributed by atoms with van der Waals surface area (Å²) in [5.41, 5.74) is 1.75. The van der Waals surface area contributed by atoms with Crippen LogP contribution in [0.25, 0.3) is 11.3 Å². The second-order valence-electron chi connectivity index (χ2n) is 5.85. The molecule has 148 valence electrons. The van der Waals surface area contributed by atoms with Gasteiger partial charge in [-0.05, 0) is 31.2 Å². The van der Waals surface area contributed by atoms with Crippen LogP contribution in [0.2, 0.25) is 0 Å². The van der Waals surface area contributed by atoms with E-state index < -0.39 is 0 Å². The van der Waals surface area contributed by atoms with Gasteiger partial charge in [-0.3, -0.25) is 4.99 Å². The lowest BCUT2D eigenvalue weighted by molar-refractivity contribution is 0.207. The highest BCUT2D eigenvalue weighted by molar-refractivity contribution is 7.07. The van der Waals surface area contributed by atoms with Crippen LogP contribution in [0.1, 0.15) is 11.5 Å². The van der Waals surface area contributed by atoms with Crippen LogP contribution in [0.5, 0.6) is 11.5 Å². The Kier molecular flexibility index (Phi) is 6.67. The van der Waals surface area contributed by atoms with Crippen LogP contribution in [-0.4, -0.2) is 45.4 Å². The molecule has 0 fully saturated rings. The zero-order valence-electron chi connectivity index (χ0n) is 16.3. The lowest BCUT2D eigenvalue weighted by Crippen LogP contribution is -2.14. The molecular formula is C20H23N3O4S. The molecule has 0 saturated heterocycles. The summed E-state index contributed by atoms with van der Waals surface area (Å²) >= 11 is 1.50. The predicted molar refractivity (Wildman–Crippen MR) is 110 cm³/mol. The van der Waals surface area contributed by atoms with Crippen LogP contribution < -0.4 is 14.3 Å². The maximum atomic E-state index is 5.59. The fraction of sp³-hybridized carbons (Fsp3) is 0.300. The highest BCUT2D eigenvalue weighted by atomic mass is 32.1. The molecule has 0 radical (unpaired) electrons. The topological polar surface area (TPSA) is 70.5 Å². The molecule has 0 aliphatic rings. The normalized spacial score (nSPS) is 12.1. The summed E-state index contributed by atoms with van der Waals surface area (Å²) in [7, 11) is 4.92.